The van der Waals surface area contributed by atoms with Crippen LogP contribution in [0.4, 0.5) is 8.78 Å². The minimum atomic E-state index is -1.08. The second-order valence-electron chi connectivity index (χ2n) is 6.11. The maximum absolute atomic E-state index is 14.5. The molecular formula is C20H23F2N3O. The van der Waals surface area contributed by atoms with Crippen molar-refractivity contribution in [1.82, 2.24) is 4.90 Å². The molecule has 0 fully saturated rings. The van der Waals surface area contributed by atoms with E-state index in [1.807, 2.05) is 19.9 Å². The van der Waals surface area contributed by atoms with E-state index < -0.39 is 23.1 Å². The monoisotopic (exact) mass is 359 g/mol. The number of amidine groups is 1. The van der Waals surface area contributed by atoms with Crippen molar-refractivity contribution in [2.24, 2.45) is 10.7 Å². The van der Waals surface area contributed by atoms with Crippen LogP contribution >= 0.6 is 0 Å². The van der Waals surface area contributed by atoms with Crippen LogP contribution in [0.3, 0.4) is 0 Å². The van der Waals surface area contributed by atoms with Gasteiger partial charge >= 0.3 is 0 Å². The molecule has 0 radical (unpaired) electrons. The molecule has 2 aromatic carbocycles. The van der Waals surface area contributed by atoms with Gasteiger partial charge in [-0.1, -0.05) is 44.2 Å². The van der Waals surface area contributed by atoms with E-state index >= 15 is 0 Å². The first-order chi connectivity index (χ1) is 12.3. The van der Waals surface area contributed by atoms with Crippen molar-refractivity contribution >= 4 is 11.7 Å². The lowest BCUT2D eigenvalue weighted by molar-refractivity contribution is -0.124. The molecule has 0 saturated carbocycles. The normalized spacial score (nSPS) is 19.5. The summed E-state index contributed by atoms with van der Waals surface area (Å²) in [6, 6.07) is 11.2. The zero-order valence-electron chi connectivity index (χ0n) is 15.4. The van der Waals surface area contributed by atoms with Crippen molar-refractivity contribution in [2.75, 3.05) is 13.6 Å². The Labute approximate surface area is 152 Å². The van der Waals surface area contributed by atoms with Crippen molar-refractivity contribution in [3.05, 3.63) is 59.7 Å². The van der Waals surface area contributed by atoms with Gasteiger partial charge in [-0.05, 0) is 18.6 Å². The van der Waals surface area contributed by atoms with Crippen LogP contribution in [0.25, 0.3) is 11.1 Å². The van der Waals surface area contributed by atoms with E-state index in [9.17, 15) is 13.6 Å². The van der Waals surface area contributed by atoms with Gasteiger partial charge in [0, 0.05) is 24.2 Å². The van der Waals surface area contributed by atoms with Gasteiger partial charge in [0.25, 0.3) is 5.91 Å². The van der Waals surface area contributed by atoms with Crippen molar-refractivity contribution in [1.29, 1.82) is 0 Å². The molecular weight excluding hydrogens is 336 g/mol. The first kappa shape index (κ1) is 19.6. The molecule has 138 valence electrons. The molecule has 0 spiro atoms. The van der Waals surface area contributed by atoms with Gasteiger partial charge in [-0.3, -0.25) is 9.79 Å². The smallest absolute Gasteiger partial charge is 0.288 e. The van der Waals surface area contributed by atoms with Crippen molar-refractivity contribution in [2.45, 2.75) is 26.3 Å². The molecule has 1 atom stereocenters. The van der Waals surface area contributed by atoms with Crippen LogP contribution in [0.2, 0.25) is 0 Å². The highest BCUT2D eigenvalue weighted by Gasteiger charge is 2.38. The zero-order chi connectivity index (χ0) is 19.5. The lowest BCUT2D eigenvalue weighted by Gasteiger charge is -2.35. The predicted octanol–water partition coefficient (Wildman–Crippen LogP) is 3.70. The number of nitrogens with zero attached hydrogens (tertiary/aromatic N) is 2. The van der Waals surface area contributed by atoms with Crippen LogP contribution in [0.1, 0.15) is 26.3 Å². The fourth-order valence-corrected chi connectivity index (χ4v) is 3.02. The van der Waals surface area contributed by atoms with Crippen LogP contribution in [-0.4, -0.2) is 30.2 Å². The molecule has 3 rings (SSSR count). The number of amides is 1. The molecule has 0 aliphatic carbocycles. The van der Waals surface area contributed by atoms with Crippen LogP contribution < -0.4 is 5.73 Å². The Bertz CT molecular complexity index is 836. The lowest BCUT2D eigenvalue weighted by Crippen LogP contribution is -2.50. The summed E-state index contributed by atoms with van der Waals surface area (Å²) in [6.07, 6.45) is 0. The summed E-state index contributed by atoms with van der Waals surface area (Å²) in [5.41, 5.74) is 5.71. The van der Waals surface area contributed by atoms with Crippen molar-refractivity contribution in [3.8, 4) is 11.1 Å². The zero-order valence-corrected chi connectivity index (χ0v) is 15.4. The fourth-order valence-electron chi connectivity index (χ4n) is 3.02. The summed E-state index contributed by atoms with van der Waals surface area (Å²) in [5.74, 6) is -1.95. The summed E-state index contributed by atoms with van der Waals surface area (Å²) in [7, 11) is 1.57. The van der Waals surface area contributed by atoms with Crippen LogP contribution in [-0.2, 0) is 10.3 Å². The maximum Gasteiger partial charge on any atom is 0.288 e. The molecule has 1 unspecified atom stereocenters. The van der Waals surface area contributed by atoms with Crippen molar-refractivity contribution < 1.29 is 13.6 Å². The molecule has 0 saturated heterocycles. The summed E-state index contributed by atoms with van der Waals surface area (Å²) in [4.78, 5) is 17.4. The first-order valence-corrected chi connectivity index (χ1v) is 8.47. The molecule has 0 bridgehead atoms. The van der Waals surface area contributed by atoms with E-state index in [-0.39, 0.29) is 23.5 Å². The third-order valence-corrected chi connectivity index (χ3v) is 4.20. The maximum atomic E-state index is 14.5. The number of benzene rings is 2. The van der Waals surface area contributed by atoms with Crippen molar-refractivity contribution in [3.63, 3.8) is 0 Å². The number of halogens is 2. The molecule has 1 amide bonds. The number of likely N-dealkylation sites (N-methyl/N-ethyl adjacent to an activating group) is 1. The summed E-state index contributed by atoms with van der Waals surface area (Å²) >= 11 is 0. The number of hydrogen-bond acceptors (Lipinski definition) is 3. The quantitative estimate of drug-likeness (QED) is 0.889. The molecule has 2 N–H and O–H groups in total. The Kier molecular flexibility index (Phi) is 5.75. The van der Waals surface area contributed by atoms with Gasteiger partial charge in [0.15, 0.2) is 5.84 Å². The number of carbonyl (C=O) groups is 1. The van der Waals surface area contributed by atoms with Gasteiger partial charge in [0.05, 0.1) is 6.54 Å². The van der Waals surface area contributed by atoms with Gasteiger partial charge in [0.1, 0.15) is 17.2 Å². The Morgan fingerprint density at radius 3 is 2.31 bits per heavy atom. The standard InChI is InChI=1S/C18H17F2N3O.C2H6/c1-18(10-23(2)17(24)16(21)22-18)13-8-12(14(19)9-15(13)20)11-6-4-3-5-7-11;1-2/h3-9H,10H2,1-2H3,(H2,21,22);1-2H3. The average molecular weight is 359 g/mol. The van der Waals surface area contributed by atoms with Crippen LogP contribution in [0, 0.1) is 11.6 Å². The molecule has 6 heteroatoms. The Morgan fingerprint density at radius 1 is 1.12 bits per heavy atom. The minimum Gasteiger partial charge on any atom is -0.379 e. The third kappa shape index (κ3) is 3.59. The molecule has 4 nitrogen and oxygen atoms in total. The second kappa shape index (κ2) is 7.64. The van der Waals surface area contributed by atoms with Gasteiger partial charge in [-0.15, -0.1) is 0 Å². The second-order valence-corrected chi connectivity index (χ2v) is 6.11. The lowest BCUT2D eigenvalue weighted by atomic mass is 9.87. The molecule has 0 aromatic heterocycles. The molecule has 26 heavy (non-hydrogen) atoms. The fraction of sp³-hybridized carbons (Fsp3) is 0.300. The average Bonchev–Trinajstić information content (AvgIpc) is 2.62. The van der Waals surface area contributed by atoms with E-state index in [4.69, 9.17) is 5.73 Å². The van der Waals surface area contributed by atoms with Gasteiger partial charge in [0.2, 0.25) is 0 Å². The van der Waals surface area contributed by atoms with Gasteiger partial charge < -0.3 is 10.6 Å². The Morgan fingerprint density at radius 2 is 1.73 bits per heavy atom. The summed E-state index contributed by atoms with van der Waals surface area (Å²) in [5, 5.41) is 0. The van der Waals surface area contributed by atoms with E-state index in [0.717, 1.165) is 6.07 Å². The highest BCUT2D eigenvalue weighted by atomic mass is 19.1. The highest BCUT2D eigenvalue weighted by Crippen LogP contribution is 2.35. The van der Waals surface area contributed by atoms with Gasteiger partial charge in [-0.2, -0.15) is 0 Å². The SMILES string of the molecule is CC.CN1CC(C)(c2cc(-c3ccccc3)c(F)cc2F)N=C(N)C1=O. The first-order valence-electron chi connectivity index (χ1n) is 8.47. The molecule has 1 aliphatic rings. The number of nitrogens with two attached hydrogens (primary N) is 1. The van der Waals surface area contributed by atoms with E-state index in [2.05, 4.69) is 4.99 Å². The topological polar surface area (TPSA) is 58.7 Å². The van der Waals surface area contributed by atoms with E-state index in [0.29, 0.717) is 5.56 Å². The Hall–Kier alpha value is -2.76. The molecule has 2 aromatic rings. The number of carbonyl (C=O) groups excluding carboxylic acids is 1. The Balaban J connectivity index is 0.00000117. The molecule has 1 aliphatic heterocycles. The van der Waals surface area contributed by atoms with E-state index in [1.165, 1.54) is 11.0 Å². The number of hydrogen-bond donors (Lipinski definition) is 1. The van der Waals surface area contributed by atoms with Crippen LogP contribution in [0.5, 0.6) is 0 Å². The van der Waals surface area contributed by atoms with E-state index in [1.54, 1.807) is 38.2 Å². The number of aliphatic imine (C=N–C) groups is 1. The predicted molar refractivity (Wildman–Crippen MR) is 99.8 cm³/mol. The number of rotatable bonds is 2. The van der Waals surface area contributed by atoms with Crippen LogP contribution in [0.15, 0.2) is 47.5 Å². The highest BCUT2D eigenvalue weighted by molar-refractivity contribution is 6.37. The minimum absolute atomic E-state index is 0.156. The van der Waals surface area contributed by atoms with Gasteiger partial charge in [-0.25, -0.2) is 8.78 Å². The summed E-state index contributed by atoms with van der Waals surface area (Å²) < 4.78 is 28.7. The molecule has 1 heterocycles. The third-order valence-electron chi connectivity index (χ3n) is 4.20. The largest absolute Gasteiger partial charge is 0.379 e. The summed E-state index contributed by atoms with van der Waals surface area (Å²) in [6.45, 7) is 5.83.